The van der Waals surface area contributed by atoms with E-state index in [1.54, 1.807) is 12.1 Å². The number of nitrogens with zero attached hydrogens (tertiary/aromatic N) is 4. The number of benzene rings is 2. The summed E-state index contributed by atoms with van der Waals surface area (Å²) in [5.41, 5.74) is 3.51. The molecule has 2 aliphatic rings. The average molecular weight is 433 g/mol. The zero-order valence-electron chi connectivity index (χ0n) is 18.7. The number of carbonyl (C=O) groups is 1. The summed E-state index contributed by atoms with van der Waals surface area (Å²) in [5.74, 6) is -0.481. The minimum absolute atomic E-state index is 0.102. The number of halogens is 1. The third kappa shape index (κ3) is 3.62. The van der Waals surface area contributed by atoms with E-state index in [4.69, 9.17) is 4.98 Å². The topological polar surface area (TPSA) is 41.4 Å². The summed E-state index contributed by atoms with van der Waals surface area (Å²) in [6, 6.07) is 16.7. The highest BCUT2D eigenvalue weighted by molar-refractivity contribution is 5.94. The van der Waals surface area contributed by atoms with Crippen molar-refractivity contribution in [2.75, 3.05) is 19.6 Å². The predicted octanol–water partition coefficient (Wildman–Crippen LogP) is 4.54. The molecular formula is C26H29FN4O. The van der Waals surface area contributed by atoms with Crippen molar-refractivity contribution in [1.29, 1.82) is 0 Å². The maximum atomic E-state index is 13.8. The summed E-state index contributed by atoms with van der Waals surface area (Å²) < 4.78 is 16.1. The minimum atomic E-state index is -0.379. The second-order valence-corrected chi connectivity index (χ2v) is 9.34. The quantitative estimate of drug-likeness (QED) is 0.610. The number of fused-ring (bicyclic) bond motifs is 2. The maximum absolute atomic E-state index is 13.8. The summed E-state index contributed by atoms with van der Waals surface area (Å²) in [5, 5.41) is 0. The number of carbonyl (C=O) groups excluding carboxylic acids is 1. The van der Waals surface area contributed by atoms with Gasteiger partial charge < -0.3 is 9.47 Å². The van der Waals surface area contributed by atoms with Crippen molar-refractivity contribution in [2.45, 2.75) is 44.8 Å². The first-order chi connectivity index (χ1) is 15.5. The van der Waals surface area contributed by atoms with Gasteiger partial charge in [-0.1, -0.05) is 36.4 Å². The predicted molar refractivity (Wildman–Crippen MR) is 123 cm³/mol. The van der Waals surface area contributed by atoms with Crippen LogP contribution in [-0.4, -0.2) is 50.9 Å². The first-order valence-corrected chi connectivity index (χ1v) is 11.4. The number of likely N-dealkylation sites (tertiary alicyclic amines) is 1. The van der Waals surface area contributed by atoms with Crippen LogP contribution in [0.5, 0.6) is 0 Å². The molecule has 0 N–H and O–H groups in total. The molecule has 1 amide bonds. The van der Waals surface area contributed by atoms with Crippen molar-refractivity contribution in [3.05, 3.63) is 78.0 Å². The van der Waals surface area contributed by atoms with Crippen LogP contribution in [0.1, 0.15) is 42.7 Å². The molecule has 5 nitrogen and oxygen atoms in total. The van der Waals surface area contributed by atoms with E-state index >= 15 is 0 Å². The standard InChI is InChI=1S/C26H29FN4O/c1-19(2)30-15-23-24(20-8-4-3-5-9-20)28-18-31(23)26(17-30)12-7-13-29(16-26)25(32)21-10-6-11-22(27)14-21/h3-6,8-11,14,18-19H,7,12-13,15-17H2,1-2H3/t26-/m0/s1. The van der Waals surface area contributed by atoms with E-state index in [0.29, 0.717) is 24.7 Å². The van der Waals surface area contributed by atoms with Crippen LogP contribution >= 0.6 is 0 Å². The maximum Gasteiger partial charge on any atom is 0.254 e. The highest BCUT2D eigenvalue weighted by Gasteiger charge is 2.45. The summed E-state index contributed by atoms with van der Waals surface area (Å²) in [7, 11) is 0. The summed E-state index contributed by atoms with van der Waals surface area (Å²) in [6.07, 6.45) is 3.86. The third-order valence-electron chi connectivity index (χ3n) is 6.92. The van der Waals surface area contributed by atoms with Crippen LogP contribution in [0.2, 0.25) is 0 Å². The Morgan fingerprint density at radius 3 is 2.66 bits per heavy atom. The van der Waals surface area contributed by atoms with Gasteiger partial charge in [-0.25, -0.2) is 9.37 Å². The van der Waals surface area contributed by atoms with Gasteiger partial charge in [0.15, 0.2) is 0 Å². The van der Waals surface area contributed by atoms with Gasteiger partial charge in [0.05, 0.1) is 23.3 Å². The molecule has 3 heterocycles. The highest BCUT2D eigenvalue weighted by Crippen LogP contribution is 2.39. The second kappa shape index (κ2) is 8.17. The largest absolute Gasteiger partial charge is 0.336 e. The zero-order chi connectivity index (χ0) is 22.3. The van der Waals surface area contributed by atoms with Gasteiger partial charge in [0.2, 0.25) is 0 Å². The van der Waals surface area contributed by atoms with Gasteiger partial charge in [0.25, 0.3) is 5.91 Å². The van der Waals surface area contributed by atoms with Crippen LogP contribution in [0.4, 0.5) is 4.39 Å². The Kier molecular flexibility index (Phi) is 5.33. The Morgan fingerprint density at radius 1 is 1.09 bits per heavy atom. The molecule has 0 unspecified atom stereocenters. The van der Waals surface area contributed by atoms with E-state index in [1.165, 1.54) is 17.8 Å². The lowest BCUT2D eigenvalue weighted by atomic mass is 9.85. The van der Waals surface area contributed by atoms with Crippen molar-refractivity contribution >= 4 is 5.91 Å². The smallest absolute Gasteiger partial charge is 0.254 e. The Labute approximate surface area is 188 Å². The Bertz CT molecular complexity index is 1130. The monoisotopic (exact) mass is 432 g/mol. The summed E-state index contributed by atoms with van der Waals surface area (Å²) in [6.45, 7) is 7.44. The first kappa shape index (κ1) is 20.9. The third-order valence-corrected chi connectivity index (χ3v) is 6.92. The van der Waals surface area contributed by atoms with Crippen LogP contribution in [0.15, 0.2) is 60.9 Å². The zero-order valence-corrected chi connectivity index (χ0v) is 18.7. The van der Waals surface area contributed by atoms with Crippen molar-refractivity contribution in [3.63, 3.8) is 0 Å². The number of rotatable bonds is 3. The Hall–Kier alpha value is -2.99. The molecule has 0 aliphatic carbocycles. The summed E-state index contributed by atoms with van der Waals surface area (Å²) >= 11 is 0. The number of hydrogen-bond donors (Lipinski definition) is 0. The average Bonchev–Trinajstić information content (AvgIpc) is 3.24. The minimum Gasteiger partial charge on any atom is -0.336 e. The normalized spacial score (nSPS) is 21.2. The molecule has 0 saturated carbocycles. The molecule has 2 aliphatic heterocycles. The molecule has 2 aromatic carbocycles. The fourth-order valence-electron chi connectivity index (χ4n) is 5.25. The first-order valence-electron chi connectivity index (χ1n) is 11.4. The van der Waals surface area contributed by atoms with E-state index in [9.17, 15) is 9.18 Å². The van der Waals surface area contributed by atoms with Crippen molar-refractivity contribution in [1.82, 2.24) is 19.4 Å². The van der Waals surface area contributed by atoms with Crippen molar-refractivity contribution in [2.24, 2.45) is 0 Å². The van der Waals surface area contributed by atoms with Crippen LogP contribution in [0.25, 0.3) is 11.3 Å². The Balaban J connectivity index is 1.53. The number of piperidine rings is 1. The lowest BCUT2D eigenvalue weighted by molar-refractivity contribution is 0.0179. The van der Waals surface area contributed by atoms with Crippen molar-refractivity contribution in [3.8, 4) is 11.3 Å². The number of aromatic nitrogens is 2. The molecule has 6 heteroatoms. The molecule has 166 valence electrons. The van der Waals surface area contributed by atoms with Gasteiger partial charge in [-0.05, 0) is 44.9 Å². The van der Waals surface area contributed by atoms with Crippen molar-refractivity contribution < 1.29 is 9.18 Å². The van der Waals surface area contributed by atoms with E-state index in [2.05, 4.69) is 35.4 Å². The molecule has 1 spiro atoms. The molecule has 1 atom stereocenters. The number of imidazole rings is 1. The van der Waals surface area contributed by atoms with E-state index in [-0.39, 0.29) is 17.3 Å². The molecule has 0 radical (unpaired) electrons. The lowest BCUT2D eigenvalue weighted by Crippen LogP contribution is -2.60. The van der Waals surface area contributed by atoms with E-state index < -0.39 is 0 Å². The van der Waals surface area contributed by atoms with Gasteiger partial charge in [-0.15, -0.1) is 0 Å². The fourth-order valence-corrected chi connectivity index (χ4v) is 5.25. The molecular weight excluding hydrogens is 403 g/mol. The van der Waals surface area contributed by atoms with E-state index in [0.717, 1.165) is 37.2 Å². The van der Waals surface area contributed by atoms with Gasteiger partial charge in [-0.3, -0.25) is 9.69 Å². The molecule has 5 rings (SSSR count). The molecule has 1 aromatic heterocycles. The van der Waals surface area contributed by atoms with Gasteiger partial charge >= 0.3 is 0 Å². The van der Waals surface area contributed by atoms with Gasteiger partial charge in [-0.2, -0.15) is 0 Å². The van der Waals surface area contributed by atoms with Gasteiger partial charge in [0.1, 0.15) is 5.82 Å². The second-order valence-electron chi connectivity index (χ2n) is 9.34. The van der Waals surface area contributed by atoms with E-state index in [1.807, 2.05) is 29.4 Å². The summed E-state index contributed by atoms with van der Waals surface area (Å²) in [4.78, 5) is 22.5. The van der Waals surface area contributed by atoms with Crippen LogP contribution in [0, 0.1) is 5.82 Å². The molecule has 1 saturated heterocycles. The number of amides is 1. The molecule has 3 aromatic rings. The van der Waals surface area contributed by atoms with Gasteiger partial charge in [0, 0.05) is 43.3 Å². The van der Waals surface area contributed by atoms with Crippen LogP contribution in [-0.2, 0) is 12.1 Å². The molecule has 0 bridgehead atoms. The van der Waals surface area contributed by atoms with Crippen LogP contribution in [0.3, 0.4) is 0 Å². The Morgan fingerprint density at radius 2 is 1.91 bits per heavy atom. The van der Waals surface area contributed by atoms with Crippen LogP contribution < -0.4 is 0 Å². The fraction of sp³-hybridized carbons (Fsp3) is 0.385. The molecule has 1 fully saturated rings. The number of hydrogen-bond acceptors (Lipinski definition) is 3. The SMILES string of the molecule is CC(C)N1Cc2c(-c3ccccc3)ncn2[C@]2(CCCN(C(=O)c3cccc(F)c3)C2)C1. The molecule has 32 heavy (non-hydrogen) atoms. The lowest BCUT2D eigenvalue weighted by Gasteiger charge is -2.50. The highest BCUT2D eigenvalue weighted by atomic mass is 19.1.